The summed E-state index contributed by atoms with van der Waals surface area (Å²) in [5.41, 5.74) is 0.697. The lowest BCUT2D eigenvalue weighted by Crippen LogP contribution is -2.52. The Balaban J connectivity index is 1.77. The first-order valence-electron chi connectivity index (χ1n) is 8.06. The molecule has 3 rings (SSSR count). The number of ketones is 3. The lowest BCUT2D eigenvalue weighted by atomic mass is 9.84. The number of nitrogens with one attached hydrogen (secondary N) is 1. The van der Waals surface area contributed by atoms with Crippen LogP contribution in [0, 0.1) is 5.92 Å². The Hall–Kier alpha value is -2.42. The smallest absolute Gasteiger partial charge is 0.333 e. The van der Waals surface area contributed by atoms with E-state index in [9.17, 15) is 32.3 Å². The Labute approximate surface area is 156 Å². The predicted molar refractivity (Wildman–Crippen MR) is 89.9 cm³/mol. The van der Waals surface area contributed by atoms with E-state index >= 15 is 0 Å². The van der Waals surface area contributed by atoms with Gasteiger partial charge in [-0.3, -0.25) is 19.2 Å². The van der Waals surface area contributed by atoms with Crippen molar-refractivity contribution < 1.29 is 32.3 Å². The van der Waals surface area contributed by atoms with Gasteiger partial charge in [-0.15, -0.1) is 0 Å². The lowest BCUT2D eigenvalue weighted by molar-refractivity contribution is -0.156. The number of Topliss-reactive ketones (excluding diaryl/α,β-unsaturated/α-hetero) is 2. The van der Waals surface area contributed by atoms with Crippen LogP contribution in [0.2, 0.25) is 0 Å². The molecular weight excluding hydrogens is 383 g/mol. The van der Waals surface area contributed by atoms with Crippen molar-refractivity contribution in [3.05, 3.63) is 40.8 Å². The van der Waals surface area contributed by atoms with E-state index in [1.807, 2.05) is 5.32 Å². The van der Waals surface area contributed by atoms with E-state index in [0.717, 1.165) is 11.8 Å². The van der Waals surface area contributed by atoms with Gasteiger partial charge in [0.1, 0.15) is 0 Å². The maximum Gasteiger partial charge on any atom is 0.389 e. The first kappa shape index (κ1) is 19.3. The van der Waals surface area contributed by atoms with Gasteiger partial charge in [-0.05, 0) is 17.7 Å². The third kappa shape index (κ3) is 3.83. The number of carbonyl (C=O) groups is 4. The Morgan fingerprint density at radius 3 is 2.56 bits per heavy atom. The molecule has 3 atom stereocenters. The van der Waals surface area contributed by atoms with Crippen molar-refractivity contribution in [2.75, 3.05) is 0 Å². The number of thioether (sulfide) groups is 1. The number of benzene rings is 1. The molecule has 1 aromatic carbocycles. The van der Waals surface area contributed by atoms with Crippen LogP contribution < -0.4 is 5.32 Å². The van der Waals surface area contributed by atoms with Crippen LogP contribution in [0.4, 0.5) is 13.2 Å². The highest BCUT2D eigenvalue weighted by molar-refractivity contribution is 8.03. The number of hydrogen-bond acceptors (Lipinski definition) is 5. The quantitative estimate of drug-likeness (QED) is 0.624. The fraction of sp³-hybridized carbons (Fsp3) is 0.333. The van der Waals surface area contributed by atoms with E-state index < -0.39 is 53.7 Å². The maximum absolute atomic E-state index is 12.8. The summed E-state index contributed by atoms with van der Waals surface area (Å²) in [6.45, 7) is 0.974. The van der Waals surface area contributed by atoms with E-state index in [0.29, 0.717) is 10.5 Å². The first-order chi connectivity index (χ1) is 12.6. The summed E-state index contributed by atoms with van der Waals surface area (Å²) < 4.78 is 37.2. The molecule has 1 amide bonds. The van der Waals surface area contributed by atoms with Crippen molar-refractivity contribution in [2.24, 2.45) is 5.92 Å². The van der Waals surface area contributed by atoms with Crippen molar-refractivity contribution in [3.8, 4) is 0 Å². The van der Waals surface area contributed by atoms with Crippen LogP contribution in [0.25, 0.3) is 0 Å². The molecule has 1 N–H and O–H groups in total. The van der Waals surface area contributed by atoms with Gasteiger partial charge >= 0.3 is 6.18 Å². The van der Waals surface area contributed by atoms with Crippen LogP contribution >= 0.6 is 11.8 Å². The second-order valence-corrected chi connectivity index (χ2v) is 7.53. The normalized spacial score (nSPS) is 22.6. The molecule has 1 aliphatic carbocycles. The van der Waals surface area contributed by atoms with Crippen molar-refractivity contribution in [1.29, 1.82) is 0 Å². The van der Waals surface area contributed by atoms with Gasteiger partial charge in [-0.25, -0.2) is 0 Å². The molecule has 0 radical (unpaired) electrons. The summed E-state index contributed by atoms with van der Waals surface area (Å²) in [4.78, 5) is 50.2. The molecule has 0 saturated heterocycles. The number of amides is 1. The minimum absolute atomic E-state index is 0.536. The minimum atomic E-state index is -4.60. The Bertz CT molecular complexity index is 878. The molecule has 0 bridgehead atoms. The lowest BCUT2D eigenvalue weighted by Gasteiger charge is -2.24. The molecule has 9 heteroatoms. The van der Waals surface area contributed by atoms with Crippen LogP contribution in [-0.4, -0.2) is 35.5 Å². The standard InChI is InChI=1S/C18H14F3NO4S/c1-8(7-18(19,20)21)15(24)17(26)22-14-10(23)6-12-13(16(14)25)9-4-2-3-5-11(9)27-12/h2-6,8,13-14H,7H2,1H3,(H,22,26). The third-order valence-corrected chi connectivity index (χ3v) is 5.55. The second-order valence-electron chi connectivity index (χ2n) is 6.42. The van der Waals surface area contributed by atoms with Gasteiger partial charge in [0, 0.05) is 15.7 Å². The molecule has 1 heterocycles. The summed E-state index contributed by atoms with van der Waals surface area (Å²) in [5.74, 6) is -6.31. The molecular formula is C18H14F3NO4S. The van der Waals surface area contributed by atoms with E-state index in [-0.39, 0.29) is 0 Å². The number of hydrogen-bond donors (Lipinski definition) is 1. The zero-order chi connectivity index (χ0) is 19.9. The highest BCUT2D eigenvalue weighted by atomic mass is 32.2. The number of allylic oxidation sites excluding steroid dienone is 1. The zero-order valence-corrected chi connectivity index (χ0v) is 14.8. The molecule has 0 spiro atoms. The number of alkyl halides is 3. The summed E-state index contributed by atoms with van der Waals surface area (Å²) in [7, 11) is 0. The maximum atomic E-state index is 12.8. The van der Waals surface area contributed by atoms with Crippen molar-refractivity contribution >= 4 is 35.0 Å². The molecule has 3 unspecified atom stereocenters. The summed E-state index contributed by atoms with van der Waals surface area (Å²) in [6, 6.07) is 5.47. The monoisotopic (exact) mass is 397 g/mol. The molecule has 0 aromatic heterocycles. The summed E-state index contributed by atoms with van der Waals surface area (Å²) in [5, 5.41) is 2.02. The molecule has 0 saturated carbocycles. The van der Waals surface area contributed by atoms with E-state index in [4.69, 9.17) is 0 Å². The van der Waals surface area contributed by atoms with Crippen molar-refractivity contribution in [1.82, 2.24) is 5.32 Å². The molecule has 0 fully saturated rings. The van der Waals surface area contributed by atoms with Crippen LogP contribution in [-0.2, 0) is 19.2 Å². The van der Waals surface area contributed by atoms with Gasteiger partial charge < -0.3 is 5.32 Å². The van der Waals surface area contributed by atoms with E-state index in [1.54, 1.807) is 24.3 Å². The number of rotatable bonds is 4. The van der Waals surface area contributed by atoms with E-state index in [2.05, 4.69) is 0 Å². The average molecular weight is 397 g/mol. The SMILES string of the molecule is CC(CC(F)(F)F)C(=O)C(=O)NC1C(=O)C=C2Sc3ccccc3C2C1=O. The topological polar surface area (TPSA) is 80.3 Å². The van der Waals surface area contributed by atoms with Gasteiger partial charge in [-0.1, -0.05) is 36.9 Å². The number of halogens is 3. The van der Waals surface area contributed by atoms with Crippen LogP contribution in [0.15, 0.2) is 40.1 Å². The number of carbonyl (C=O) groups excluding carboxylic acids is 4. The van der Waals surface area contributed by atoms with Gasteiger partial charge in [-0.2, -0.15) is 13.2 Å². The highest BCUT2D eigenvalue weighted by Gasteiger charge is 2.45. The van der Waals surface area contributed by atoms with Crippen LogP contribution in [0.5, 0.6) is 0 Å². The van der Waals surface area contributed by atoms with Gasteiger partial charge in [0.25, 0.3) is 5.91 Å². The second kappa shape index (κ2) is 6.95. The fourth-order valence-corrected chi connectivity index (χ4v) is 4.34. The van der Waals surface area contributed by atoms with Crippen LogP contribution in [0.3, 0.4) is 0 Å². The van der Waals surface area contributed by atoms with Gasteiger partial charge in [0.05, 0.1) is 12.3 Å². The number of fused-ring (bicyclic) bond motifs is 3. The van der Waals surface area contributed by atoms with Crippen molar-refractivity contribution in [3.63, 3.8) is 0 Å². The van der Waals surface area contributed by atoms with Gasteiger partial charge in [0.15, 0.2) is 17.6 Å². The van der Waals surface area contributed by atoms with Crippen LogP contribution in [0.1, 0.15) is 24.8 Å². The summed E-state index contributed by atoms with van der Waals surface area (Å²) in [6.07, 6.45) is -4.82. The Kier molecular flexibility index (Phi) is 4.98. The Morgan fingerprint density at radius 2 is 1.89 bits per heavy atom. The van der Waals surface area contributed by atoms with Gasteiger partial charge in [0.2, 0.25) is 5.78 Å². The molecule has 1 aliphatic heterocycles. The third-order valence-electron chi connectivity index (χ3n) is 4.36. The predicted octanol–water partition coefficient (Wildman–Crippen LogP) is 2.55. The zero-order valence-electron chi connectivity index (χ0n) is 14.0. The Morgan fingerprint density at radius 1 is 1.22 bits per heavy atom. The largest absolute Gasteiger partial charge is 0.389 e. The summed E-state index contributed by atoms with van der Waals surface area (Å²) >= 11 is 1.28. The molecule has 27 heavy (non-hydrogen) atoms. The van der Waals surface area contributed by atoms with E-state index in [1.165, 1.54) is 17.8 Å². The molecule has 1 aromatic rings. The minimum Gasteiger partial charge on any atom is -0.333 e. The highest BCUT2D eigenvalue weighted by Crippen LogP contribution is 2.50. The van der Waals surface area contributed by atoms with Crippen molar-refractivity contribution in [2.45, 2.75) is 36.4 Å². The molecule has 5 nitrogen and oxygen atoms in total. The average Bonchev–Trinajstić information content (AvgIpc) is 2.94. The fourth-order valence-electron chi connectivity index (χ4n) is 3.10. The first-order valence-corrected chi connectivity index (χ1v) is 8.87. The molecule has 142 valence electrons. The molecule has 2 aliphatic rings.